The summed E-state index contributed by atoms with van der Waals surface area (Å²) >= 11 is 0. The second-order valence-electron chi connectivity index (χ2n) is 12.8. The number of imide groups is 1. The fourth-order valence-corrected chi connectivity index (χ4v) is 6.78. The van der Waals surface area contributed by atoms with E-state index in [0.29, 0.717) is 50.6 Å². The summed E-state index contributed by atoms with van der Waals surface area (Å²) in [6.07, 6.45) is 4.02. The van der Waals surface area contributed by atoms with Gasteiger partial charge in [0.2, 0.25) is 0 Å². The Balaban J connectivity index is 0.00000320. The molecule has 0 bridgehead atoms. The molecule has 0 radical (unpaired) electrons. The van der Waals surface area contributed by atoms with Crippen LogP contribution < -0.4 is 5.32 Å². The molecule has 1 saturated carbocycles. The van der Waals surface area contributed by atoms with Crippen LogP contribution in [0.4, 0.5) is 4.79 Å². The van der Waals surface area contributed by atoms with Crippen molar-refractivity contribution in [3.8, 4) is 0 Å². The Bertz CT molecular complexity index is 998. The van der Waals surface area contributed by atoms with E-state index in [0.717, 1.165) is 25.9 Å². The third-order valence-corrected chi connectivity index (χ3v) is 8.82. The molecule has 1 unspecified atom stereocenters. The number of halogens is 1. The monoisotopic (exact) mass is 530 g/mol. The van der Waals surface area contributed by atoms with Crippen LogP contribution in [0.2, 0.25) is 0 Å². The highest BCUT2D eigenvalue weighted by Gasteiger charge is 2.58. The number of ketones is 1. The number of Topliss-reactive ketones (excluding diaryl/α,β-unsaturated/α-hetero) is 1. The van der Waals surface area contributed by atoms with Crippen LogP contribution in [0.25, 0.3) is 0 Å². The average molecular weight is 531 g/mol. The predicted octanol–water partition coefficient (Wildman–Crippen LogP) is 3.92. The highest BCUT2D eigenvalue weighted by atomic mass is 35.5. The zero-order valence-electron chi connectivity index (χ0n) is 22.7. The van der Waals surface area contributed by atoms with Crippen molar-refractivity contribution in [3.63, 3.8) is 0 Å². The van der Waals surface area contributed by atoms with Crippen molar-refractivity contribution < 1.29 is 14.4 Å². The van der Waals surface area contributed by atoms with Crippen LogP contribution in [0.3, 0.4) is 0 Å². The van der Waals surface area contributed by atoms with Crippen molar-refractivity contribution >= 4 is 30.1 Å². The van der Waals surface area contributed by atoms with Crippen LogP contribution in [-0.4, -0.2) is 83.8 Å². The standard InChI is InChI=1S/C29H42N4O3.ClH/c1-28(2,3)16-24(34)25(23-18-30-17-22(23)21-8-6-5-7-9-21)32-14-12-29(13-15-32)26(35)31(4)27(36)33(29)19-20-10-11-20;/h5-9,20,22-23,25,30H,10-19H2,1-4H3;1H/t22-,23-,25?;/m1./s1. The molecule has 0 aromatic heterocycles. The third kappa shape index (κ3) is 5.45. The Morgan fingerprint density at radius 3 is 2.32 bits per heavy atom. The first-order valence-electron chi connectivity index (χ1n) is 13.7. The molecule has 7 nitrogen and oxygen atoms in total. The van der Waals surface area contributed by atoms with E-state index in [1.165, 1.54) is 10.5 Å². The molecule has 37 heavy (non-hydrogen) atoms. The summed E-state index contributed by atoms with van der Waals surface area (Å²) in [6, 6.07) is 10.2. The van der Waals surface area contributed by atoms with Gasteiger partial charge in [-0.05, 0) is 42.6 Å². The Kier molecular flexibility index (Phi) is 8.08. The number of nitrogens with one attached hydrogen (secondary N) is 1. The Morgan fingerprint density at radius 1 is 1.08 bits per heavy atom. The molecule has 8 heteroatoms. The lowest BCUT2D eigenvalue weighted by molar-refractivity contribution is -0.136. The van der Waals surface area contributed by atoms with Gasteiger partial charge in [0.15, 0.2) is 5.78 Å². The van der Waals surface area contributed by atoms with Gasteiger partial charge in [-0.1, -0.05) is 51.1 Å². The number of piperidine rings is 1. The van der Waals surface area contributed by atoms with Crippen molar-refractivity contribution in [1.29, 1.82) is 0 Å². The number of urea groups is 1. The van der Waals surface area contributed by atoms with E-state index in [2.05, 4.69) is 55.3 Å². The van der Waals surface area contributed by atoms with E-state index in [9.17, 15) is 14.4 Å². The van der Waals surface area contributed by atoms with Crippen LogP contribution >= 0.6 is 12.4 Å². The molecular weight excluding hydrogens is 488 g/mol. The van der Waals surface area contributed by atoms with E-state index >= 15 is 0 Å². The molecule has 1 N–H and O–H groups in total. The number of benzene rings is 1. The first-order chi connectivity index (χ1) is 17.1. The largest absolute Gasteiger partial charge is 0.327 e. The number of carbonyl (C=O) groups excluding carboxylic acids is 3. The van der Waals surface area contributed by atoms with Crippen molar-refractivity contribution in [1.82, 2.24) is 20.0 Å². The second-order valence-corrected chi connectivity index (χ2v) is 12.8. The molecule has 1 spiro atoms. The highest BCUT2D eigenvalue weighted by Crippen LogP contribution is 2.43. The minimum absolute atomic E-state index is 0. The number of likely N-dealkylation sites (tertiary alicyclic amines) is 1. The van der Waals surface area contributed by atoms with E-state index < -0.39 is 5.54 Å². The van der Waals surface area contributed by atoms with Crippen LogP contribution in [-0.2, 0) is 9.59 Å². The Labute approximate surface area is 227 Å². The summed E-state index contributed by atoms with van der Waals surface area (Å²) in [5.74, 6) is 1.23. The molecule has 1 aromatic rings. The quantitative estimate of drug-likeness (QED) is 0.541. The van der Waals surface area contributed by atoms with Crippen molar-refractivity contribution in [2.45, 2.75) is 70.4 Å². The van der Waals surface area contributed by atoms with Gasteiger partial charge in [0.25, 0.3) is 5.91 Å². The van der Waals surface area contributed by atoms with Gasteiger partial charge in [0.1, 0.15) is 5.54 Å². The number of hydrogen-bond acceptors (Lipinski definition) is 5. The van der Waals surface area contributed by atoms with E-state index in [1.807, 2.05) is 11.0 Å². The van der Waals surface area contributed by atoms with E-state index in [1.54, 1.807) is 7.05 Å². The van der Waals surface area contributed by atoms with Crippen LogP contribution in [0.1, 0.15) is 64.4 Å². The zero-order chi connectivity index (χ0) is 25.7. The number of rotatable bonds is 7. The minimum atomic E-state index is -0.741. The molecule has 3 aliphatic heterocycles. The lowest BCUT2D eigenvalue weighted by Gasteiger charge is -2.46. The molecule has 3 atom stereocenters. The van der Waals surface area contributed by atoms with Gasteiger partial charge in [-0.15, -0.1) is 12.4 Å². The Hall–Kier alpha value is -1.96. The molecule has 1 aliphatic carbocycles. The van der Waals surface area contributed by atoms with Gasteiger partial charge in [0, 0.05) is 58.0 Å². The van der Waals surface area contributed by atoms with Gasteiger partial charge >= 0.3 is 6.03 Å². The number of amides is 3. The van der Waals surface area contributed by atoms with Crippen molar-refractivity contribution in [3.05, 3.63) is 35.9 Å². The van der Waals surface area contributed by atoms with Crippen molar-refractivity contribution in [2.75, 3.05) is 39.8 Å². The lowest BCUT2D eigenvalue weighted by atomic mass is 9.76. The summed E-state index contributed by atoms with van der Waals surface area (Å²) in [4.78, 5) is 45.8. The van der Waals surface area contributed by atoms with Gasteiger partial charge in [0.05, 0.1) is 6.04 Å². The lowest BCUT2D eigenvalue weighted by Crippen LogP contribution is -2.60. The molecule has 3 saturated heterocycles. The fraction of sp³-hybridized carbons (Fsp3) is 0.690. The molecule has 204 valence electrons. The summed E-state index contributed by atoms with van der Waals surface area (Å²) in [5.41, 5.74) is 0.455. The smallest absolute Gasteiger partial charge is 0.316 e. The van der Waals surface area contributed by atoms with Crippen LogP contribution in [0.5, 0.6) is 0 Å². The molecule has 4 aliphatic rings. The Morgan fingerprint density at radius 2 is 1.73 bits per heavy atom. The highest BCUT2D eigenvalue weighted by molar-refractivity contribution is 6.06. The number of carbonyl (C=O) groups is 3. The summed E-state index contributed by atoms with van der Waals surface area (Å²) in [6.45, 7) is 10.1. The molecule has 4 fully saturated rings. The maximum atomic E-state index is 13.9. The SMILES string of the molecule is CN1C(=O)N(CC2CC2)C2(CCN(C(C(=O)CC(C)(C)C)[C@@H]3CNC[C@@H]3c3ccccc3)CC2)C1=O.Cl. The number of hydrogen-bond donors (Lipinski definition) is 1. The number of likely N-dealkylation sites (N-methyl/N-ethyl adjacent to an activating group) is 1. The third-order valence-electron chi connectivity index (χ3n) is 8.82. The zero-order valence-corrected chi connectivity index (χ0v) is 23.6. The van der Waals surface area contributed by atoms with Crippen LogP contribution in [0, 0.1) is 17.3 Å². The van der Waals surface area contributed by atoms with Gasteiger partial charge in [-0.3, -0.25) is 19.4 Å². The van der Waals surface area contributed by atoms with Gasteiger partial charge < -0.3 is 10.2 Å². The average Bonchev–Trinajstić information content (AvgIpc) is 3.52. The summed E-state index contributed by atoms with van der Waals surface area (Å²) in [5, 5.41) is 3.57. The molecule has 5 rings (SSSR count). The summed E-state index contributed by atoms with van der Waals surface area (Å²) in [7, 11) is 1.62. The summed E-state index contributed by atoms with van der Waals surface area (Å²) < 4.78 is 0. The van der Waals surface area contributed by atoms with E-state index in [-0.39, 0.29) is 47.6 Å². The van der Waals surface area contributed by atoms with Crippen molar-refractivity contribution in [2.24, 2.45) is 17.3 Å². The molecule has 3 heterocycles. The van der Waals surface area contributed by atoms with Gasteiger partial charge in [-0.2, -0.15) is 0 Å². The van der Waals surface area contributed by atoms with E-state index in [4.69, 9.17) is 0 Å². The number of nitrogens with zero attached hydrogens (tertiary/aromatic N) is 3. The second kappa shape index (κ2) is 10.7. The molecular formula is C29H43ClN4O3. The first-order valence-corrected chi connectivity index (χ1v) is 13.7. The minimum Gasteiger partial charge on any atom is -0.316 e. The normalized spacial score (nSPS) is 27.0. The predicted molar refractivity (Wildman–Crippen MR) is 147 cm³/mol. The first kappa shape index (κ1) is 28.1. The maximum Gasteiger partial charge on any atom is 0.327 e. The maximum absolute atomic E-state index is 13.9. The van der Waals surface area contributed by atoms with Crippen LogP contribution in [0.15, 0.2) is 30.3 Å². The molecule has 3 amide bonds. The topological polar surface area (TPSA) is 73.0 Å². The molecule has 1 aromatic carbocycles. The fourth-order valence-electron chi connectivity index (χ4n) is 6.78. The van der Waals surface area contributed by atoms with Gasteiger partial charge in [-0.25, -0.2) is 4.79 Å².